The van der Waals surface area contributed by atoms with Gasteiger partial charge in [0, 0.05) is 25.3 Å². The van der Waals surface area contributed by atoms with E-state index in [1.54, 1.807) is 4.90 Å². The van der Waals surface area contributed by atoms with Gasteiger partial charge in [0.25, 0.3) is 5.91 Å². The number of hydrogen-bond acceptors (Lipinski definition) is 3. The number of carboxylic acid groups (broad SMARTS) is 1. The number of ether oxygens (including phenoxy) is 1. The Kier molecular flexibility index (Phi) is 5.22. The van der Waals surface area contributed by atoms with Crippen LogP contribution in [-0.4, -0.2) is 47.7 Å². The number of hydrogen-bond donors (Lipinski definition) is 1. The molecule has 1 N–H and O–H groups in total. The first kappa shape index (κ1) is 18.7. The summed E-state index contributed by atoms with van der Waals surface area (Å²) in [5.41, 5.74) is -0.567. The first-order valence-electron chi connectivity index (χ1n) is 8.58. The van der Waals surface area contributed by atoms with Gasteiger partial charge < -0.3 is 14.7 Å². The van der Waals surface area contributed by atoms with Crippen LogP contribution in [-0.2, 0) is 15.7 Å². The number of nitrogens with zero attached hydrogens (tertiary/aromatic N) is 1. The second-order valence-electron chi connectivity index (χ2n) is 6.77. The van der Waals surface area contributed by atoms with E-state index < -0.39 is 23.6 Å². The smallest absolute Gasteiger partial charge is 0.416 e. The molecule has 142 valence electrons. The lowest BCUT2D eigenvalue weighted by Gasteiger charge is -2.35. The van der Waals surface area contributed by atoms with Gasteiger partial charge >= 0.3 is 12.1 Å². The second-order valence-corrected chi connectivity index (χ2v) is 6.77. The molecule has 0 bridgehead atoms. The van der Waals surface area contributed by atoms with Crippen LogP contribution in [0.4, 0.5) is 13.2 Å². The number of piperidine rings is 1. The third-order valence-corrected chi connectivity index (χ3v) is 5.20. The highest BCUT2D eigenvalue weighted by Crippen LogP contribution is 2.34. The summed E-state index contributed by atoms with van der Waals surface area (Å²) in [7, 11) is 0. The topological polar surface area (TPSA) is 66.8 Å². The van der Waals surface area contributed by atoms with Crippen LogP contribution in [0.1, 0.15) is 35.2 Å². The molecule has 1 aromatic rings. The largest absolute Gasteiger partial charge is 0.481 e. The Morgan fingerprint density at radius 1 is 1.08 bits per heavy atom. The van der Waals surface area contributed by atoms with Gasteiger partial charge in [0.05, 0.1) is 17.6 Å². The fourth-order valence-electron chi connectivity index (χ4n) is 3.76. The van der Waals surface area contributed by atoms with Crippen molar-refractivity contribution >= 4 is 11.9 Å². The summed E-state index contributed by atoms with van der Waals surface area (Å²) in [6, 6.07) is 4.20. The number of benzene rings is 1. The normalized spacial score (nSPS) is 24.7. The maximum atomic E-state index is 12.6. The number of rotatable bonds is 3. The first-order valence-corrected chi connectivity index (χ1v) is 8.58. The van der Waals surface area contributed by atoms with Crippen LogP contribution in [0, 0.1) is 11.8 Å². The zero-order valence-corrected chi connectivity index (χ0v) is 14.0. The molecular formula is C18H20F3NO4. The fraction of sp³-hybridized carbons (Fsp3) is 0.556. The Morgan fingerprint density at radius 2 is 1.69 bits per heavy atom. The van der Waals surface area contributed by atoms with Crippen LogP contribution in [0.3, 0.4) is 0 Å². The fourth-order valence-corrected chi connectivity index (χ4v) is 3.76. The van der Waals surface area contributed by atoms with Crippen molar-refractivity contribution in [3.8, 4) is 0 Å². The molecule has 2 fully saturated rings. The molecule has 1 aromatic carbocycles. The number of amides is 1. The van der Waals surface area contributed by atoms with Crippen molar-refractivity contribution in [1.29, 1.82) is 0 Å². The van der Waals surface area contributed by atoms with Gasteiger partial charge in [0.2, 0.25) is 0 Å². The maximum absolute atomic E-state index is 12.6. The van der Waals surface area contributed by atoms with Gasteiger partial charge in [0.15, 0.2) is 0 Å². The average molecular weight is 371 g/mol. The molecule has 3 rings (SSSR count). The predicted molar refractivity (Wildman–Crippen MR) is 85.6 cm³/mol. The van der Waals surface area contributed by atoms with E-state index in [-0.39, 0.29) is 23.5 Å². The Balaban J connectivity index is 1.59. The minimum Gasteiger partial charge on any atom is -0.481 e. The van der Waals surface area contributed by atoms with Crippen LogP contribution in [0.2, 0.25) is 0 Å². The van der Waals surface area contributed by atoms with Crippen LogP contribution in [0.25, 0.3) is 0 Å². The Bertz CT molecular complexity index is 666. The number of carbonyl (C=O) groups is 2. The molecule has 2 saturated heterocycles. The molecule has 2 atom stereocenters. The SMILES string of the molecule is O=C(O)C1CCO[C@H]1C1CCN(C(=O)c2ccc(C(F)(F)F)cc2)CC1. The molecule has 8 heteroatoms. The summed E-state index contributed by atoms with van der Waals surface area (Å²) < 4.78 is 43.4. The van der Waals surface area contributed by atoms with E-state index in [0.29, 0.717) is 39.0 Å². The minimum absolute atomic E-state index is 0.0789. The summed E-state index contributed by atoms with van der Waals surface area (Å²) in [4.78, 5) is 25.4. The quantitative estimate of drug-likeness (QED) is 0.887. The van der Waals surface area contributed by atoms with Crippen molar-refractivity contribution < 1.29 is 32.6 Å². The monoisotopic (exact) mass is 371 g/mol. The van der Waals surface area contributed by atoms with Crippen molar-refractivity contribution in [2.75, 3.05) is 19.7 Å². The van der Waals surface area contributed by atoms with E-state index in [9.17, 15) is 27.9 Å². The van der Waals surface area contributed by atoms with E-state index in [2.05, 4.69) is 0 Å². The van der Waals surface area contributed by atoms with Crippen LogP contribution < -0.4 is 0 Å². The number of likely N-dealkylation sites (tertiary alicyclic amines) is 1. The molecule has 2 aliphatic rings. The maximum Gasteiger partial charge on any atom is 0.416 e. The summed E-state index contributed by atoms with van der Waals surface area (Å²) in [6.07, 6.45) is -3.00. The van der Waals surface area contributed by atoms with Crippen molar-refractivity contribution in [1.82, 2.24) is 4.90 Å². The summed E-state index contributed by atoms with van der Waals surface area (Å²) in [5.74, 6) is -1.58. The molecule has 0 aromatic heterocycles. The number of carbonyl (C=O) groups excluding carboxylic acids is 1. The third-order valence-electron chi connectivity index (χ3n) is 5.20. The number of halogens is 3. The number of carboxylic acids is 1. The predicted octanol–water partition coefficient (Wildman–Crippen LogP) is 3.05. The van der Waals surface area contributed by atoms with Crippen LogP contribution in [0.5, 0.6) is 0 Å². The third kappa shape index (κ3) is 3.85. The summed E-state index contributed by atoms with van der Waals surface area (Å²) in [6.45, 7) is 1.32. The zero-order chi connectivity index (χ0) is 18.9. The van der Waals surface area contributed by atoms with Gasteiger partial charge in [0.1, 0.15) is 0 Å². The molecule has 0 spiro atoms. The number of aliphatic carboxylic acids is 1. The summed E-state index contributed by atoms with van der Waals surface area (Å²) in [5, 5.41) is 9.26. The van der Waals surface area contributed by atoms with Gasteiger partial charge in [-0.3, -0.25) is 9.59 Å². The molecule has 1 unspecified atom stereocenters. The Hall–Kier alpha value is -2.09. The van der Waals surface area contributed by atoms with Gasteiger partial charge in [-0.05, 0) is 49.4 Å². The van der Waals surface area contributed by atoms with Gasteiger partial charge in [-0.15, -0.1) is 0 Å². The molecule has 26 heavy (non-hydrogen) atoms. The van der Waals surface area contributed by atoms with Crippen molar-refractivity contribution in [3.63, 3.8) is 0 Å². The lowest BCUT2D eigenvalue weighted by Crippen LogP contribution is -2.43. The average Bonchev–Trinajstić information content (AvgIpc) is 3.11. The molecule has 2 aliphatic heterocycles. The van der Waals surface area contributed by atoms with E-state index in [1.165, 1.54) is 12.1 Å². The van der Waals surface area contributed by atoms with E-state index >= 15 is 0 Å². The highest BCUT2D eigenvalue weighted by atomic mass is 19.4. The molecule has 2 heterocycles. The molecule has 0 radical (unpaired) electrons. The lowest BCUT2D eigenvalue weighted by molar-refractivity contribution is -0.145. The van der Waals surface area contributed by atoms with E-state index in [4.69, 9.17) is 4.74 Å². The van der Waals surface area contributed by atoms with E-state index in [0.717, 1.165) is 12.1 Å². The summed E-state index contributed by atoms with van der Waals surface area (Å²) >= 11 is 0. The standard InChI is InChI=1S/C18H20F3NO4/c19-18(20,21)13-3-1-12(2-4-13)16(23)22-8-5-11(6-9-22)15-14(17(24)25)7-10-26-15/h1-4,11,14-15H,5-10H2,(H,24,25)/t14?,15-/m0/s1. The van der Waals surface area contributed by atoms with E-state index in [1.807, 2.05) is 0 Å². The molecule has 0 aliphatic carbocycles. The molecule has 1 amide bonds. The second kappa shape index (κ2) is 7.26. The molecular weight excluding hydrogens is 351 g/mol. The minimum atomic E-state index is -4.43. The Labute approximate surface area is 148 Å². The molecule has 0 saturated carbocycles. The van der Waals surface area contributed by atoms with Gasteiger partial charge in [-0.2, -0.15) is 13.2 Å². The lowest BCUT2D eigenvalue weighted by atomic mass is 9.84. The number of alkyl halides is 3. The zero-order valence-electron chi connectivity index (χ0n) is 14.0. The molecule has 5 nitrogen and oxygen atoms in total. The van der Waals surface area contributed by atoms with Crippen molar-refractivity contribution in [2.45, 2.75) is 31.5 Å². The van der Waals surface area contributed by atoms with Gasteiger partial charge in [-0.1, -0.05) is 0 Å². The Morgan fingerprint density at radius 3 is 2.23 bits per heavy atom. The highest BCUT2D eigenvalue weighted by Gasteiger charge is 2.41. The van der Waals surface area contributed by atoms with Crippen LogP contribution in [0.15, 0.2) is 24.3 Å². The van der Waals surface area contributed by atoms with Crippen molar-refractivity contribution in [3.05, 3.63) is 35.4 Å². The van der Waals surface area contributed by atoms with Crippen LogP contribution >= 0.6 is 0 Å². The van der Waals surface area contributed by atoms with Gasteiger partial charge in [-0.25, -0.2) is 0 Å². The highest BCUT2D eigenvalue weighted by molar-refractivity contribution is 5.94. The first-order chi connectivity index (χ1) is 12.3. The van der Waals surface area contributed by atoms with Crippen molar-refractivity contribution in [2.24, 2.45) is 11.8 Å².